The summed E-state index contributed by atoms with van der Waals surface area (Å²) in [5, 5.41) is 15.8. The second-order valence-electron chi connectivity index (χ2n) is 7.18. The maximum atomic E-state index is 12.2. The number of aromatic nitrogens is 1. The van der Waals surface area contributed by atoms with Gasteiger partial charge in [0.1, 0.15) is 6.04 Å². The molecule has 1 aromatic heterocycles. The fourth-order valence-electron chi connectivity index (χ4n) is 3.13. The van der Waals surface area contributed by atoms with Crippen molar-refractivity contribution in [3.05, 3.63) is 71.4 Å². The molecular weight excluding hydrogens is 354 g/mol. The highest BCUT2D eigenvalue weighted by molar-refractivity contribution is 5.86. The van der Waals surface area contributed by atoms with Gasteiger partial charge in [0.15, 0.2) is 0 Å². The Morgan fingerprint density at radius 1 is 1.07 bits per heavy atom. The van der Waals surface area contributed by atoms with Crippen molar-refractivity contribution in [1.82, 2.24) is 15.6 Å². The summed E-state index contributed by atoms with van der Waals surface area (Å²) in [6.45, 7) is 4.59. The largest absolute Gasteiger partial charge is 0.480 e. The Kier molecular flexibility index (Phi) is 5.99. The van der Waals surface area contributed by atoms with E-state index in [1.165, 1.54) is 5.56 Å². The number of H-pyrrole nitrogens is 1. The van der Waals surface area contributed by atoms with Crippen molar-refractivity contribution in [3.63, 3.8) is 0 Å². The van der Waals surface area contributed by atoms with Crippen LogP contribution < -0.4 is 10.6 Å². The molecule has 1 unspecified atom stereocenters. The summed E-state index contributed by atoms with van der Waals surface area (Å²) in [5.41, 5.74) is 3.99. The maximum absolute atomic E-state index is 12.2. The molecule has 2 aromatic carbocycles. The number of aromatic amines is 1. The molecule has 0 fully saturated rings. The van der Waals surface area contributed by atoms with E-state index in [9.17, 15) is 14.7 Å². The zero-order valence-electron chi connectivity index (χ0n) is 16.0. The Morgan fingerprint density at radius 2 is 1.79 bits per heavy atom. The molecule has 0 spiro atoms. The van der Waals surface area contributed by atoms with Gasteiger partial charge in [0, 0.05) is 30.1 Å². The summed E-state index contributed by atoms with van der Waals surface area (Å²) in [6.07, 6.45) is 1.99. The van der Waals surface area contributed by atoms with E-state index in [0.717, 1.165) is 22.0 Å². The standard InChI is InChI=1S/C22H25N3O3/c1-14(2)16-9-7-15(8-10-16)12-24-22(28)25-20(21(26)27)11-17-13-23-19-6-4-3-5-18(17)19/h3-10,13-14,20,23H,11-12H2,1-2H3,(H,26,27)(H2,24,25,28). The lowest BCUT2D eigenvalue weighted by molar-refractivity contribution is -0.139. The number of amides is 2. The van der Waals surface area contributed by atoms with E-state index in [2.05, 4.69) is 29.5 Å². The van der Waals surface area contributed by atoms with Crippen molar-refractivity contribution in [2.75, 3.05) is 0 Å². The molecule has 2 amide bonds. The van der Waals surface area contributed by atoms with E-state index in [1.807, 2.05) is 48.5 Å². The lowest BCUT2D eigenvalue weighted by Crippen LogP contribution is -2.46. The van der Waals surface area contributed by atoms with Gasteiger partial charge in [0.25, 0.3) is 0 Å². The molecule has 6 heteroatoms. The van der Waals surface area contributed by atoms with E-state index >= 15 is 0 Å². The molecule has 28 heavy (non-hydrogen) atoms. The zero-order valence-corrected chi connectivity index (χ0v) is 16.0. The number of carboxylic acid groups (broad SMARTS) is 1. The Labute approximate surface area is 164 Å². The van der Waals surface area contributed by atoms with Gasteiger partial charge in [-0.2, -0.15) is 0 Å². The number of hydrogen-bond acceptors (Lipinski definition) is 2. The highest BCUT2D eigenvalue weighted by atomic mass is 16.4. The van der Waals surface area contributed by atoms with Crippen LogP contribution in [0.1, 0.15) is 36.5 Å². The monoisotopic (exact) mass is 379 g/mol. The molecule has 0 aliphatic carbocycles. The molecule has 0 saturated carbocycles. The quantitative estimate of drug-likeness (QED) is 0.503. The number of carbonyl (C=O) groups is 2. The third-order valence-corrected chi connectivity index (χ3v) is 4.80. The lowest BCUT2D eigenvalue weighted by Gasteiger charge is -2.15. The van der Waals surface area contributed by atoms with E-state index in [4.69, 9.17) is 0 Å². The predicted molar refractivity (Wildman–Crippen MR) is 109 cm³/mol. The maximum Gasteiger partial charge on any atom is 0.326 e. The van der Waals surface area contributed by atoms with Crippen LogP contribution in [0.25, 0.3) is 10.9 Å². The lowest BCUT2D eigenvalue weighted by atomic mass is 10.0. The Hall–Kier alpha value is -3.28. The van der Waals surface area contributed by atoms with Gasteiger partial charge in [0.2, 0.25) is 0 Å². The van der Waals surface area contributed by atoms with Crippen molar-refractivity contribution in [2.24, 2.45) is 0 Å². The molecule has 3 aromatic rings. The Bertz CT molecular complexity index is 961. The normalized spacial score (nSPS) is 12.1. The number of hydrogen-bond donors (Lipinski definition) is 4. The zero-order chi connectivity index (χ0) is 20.1. The molecule has 6 nitrogen and oxygen atoms in total. The molecule has 0 aliphatic heterocycles. The number of nitrogens with one attached hydrogen (secondary N) is 3. The number of aliphatic carboxylic acids is 1. The van der Waals surface area contributed by atoms with Crippen LogP contribution >= 0.6 is 0 Å². The van der Waals surface area contributed by atoms with Gasteiger partial charge >= 0.3 is 12.0 Å². The SMILES string of the molecule is CC(C)c1ccc(CNC(=O)NC(Cc2c[nH]c3ccccc23)C(=O)O)cc1. The molecule has 3 rings (SSSR count). The average molecular weight is 379 g/mol. The number of para-hydroxylation sites is 1. The third kappa shape index (κ3) is 4.71. The molecular formula is C22H25N3O3. The molecule has 0 bridgehead atoms. The van der Waals surface area contributed by atoms with Crippen molar-refractivity contribution in [2.45, 2.75) is 38.8 Å². The molecule has 1 heterocycles. The van der Waals surface area contributed by atoms with Crippen molar-refractivity contribution >= 4 is 22.9 Å². The van der Waals surface area contributed by atoms with Gasteiger partial charge in [-0.05, 0) is 28.7 Å². The van der Waals surface area contributed by atoms with Gasteiger partial charge in [-0.3, -0.25) is 0 Å². The first-order valence-corrected chi connectivity index (χ1v) is 9.35. The van der Waals surface area contributed by atoms with Crippen LogP contribution in [-0.2, 0) is 17.8 Å². The fraction of sp³-hybridized carbons (Fsp3) is 0.273. The number of benzene rings is 2. The first-order valence-electron chi connectivity index (χ1n) is 9.35. The fourth-order valence-corrected chi connectivity index (χ4v) is 3.13. The van der Waals surface area contributed by atoms with Crippen LogP contribution in [0.4, 0.5) is 4.79 Å². The van der Waals surface area contributed by atoms with Crippen LogP contribution in [0.2, 0.25) is 0 Å². The highest BCUT2D eigenvalue weighted by Gasteiger charge is 2.21. The minimum absolute atomic E-state index is 0.204. The molecule has 4 N–H and O–H groups in total. The van der Waals surface area contributed by atoms with Crippen molar-refractivity contribution in [1.29, 1.82) is 0 Å². The molecule has 0 radical (unpaired) electrons. The number of carboxylic acids is 1. The topological polar surface area (TPSA) is 94.2 Å². The first kappa shape index (κ1) is 19.5. The van der Waals surface area contributed by atoms with Gasteiger partial charge in [0.05, 0.1) is 0 Å². The second-order valence-corrected chi connectivity index (χ2v) is 7.18. The minimum Gasteiger partial charge on any atom is -0.480 e. The van der Waals surface area contributed by atoms with E-state index in [1.54, 1.807) is 6.20 Å². The number of carbonyl (C=O) groups excluding carboxylic acids is 1. The smallest absolute Gasteiger partial charge is 0.326 e. The third-order valence-electron chi connectivity index (χ3n) is 4.80. The summed E-state index contributed by atoms with van der Waals surface area (Å²) < 4.78 is 0. The van der Waals surface area contributed by atoms with E-state index in [0.29, 0.717) is 12.5 Å². The van der Waals surface area contributed by atoms with Gasteiger partial charge in [-0.15, -0.1) is 0 Å². The molecule has 146 valence electrons. The Morgan fingerprint density at radius 3 is 2.46 bits per heavy atom. The van der Waals surface area contributed by atoms with Crippen LogP contribution in [0.5, 0.6) is 0 Å². The summed E-state index contributed by atoms with van der Waals surface area (Å²) >= 11 is 0. The number of rotatable bonds is 7. The first-order chi connectivity index (χ1) is 13.4. The summed E-state index contributed by atoms with van der Waals surface area (Å²) in [7, 11) is 0. The highest BCUT2D eigenvalue weighted by Crippen LogP contribution is 2.19. The molecule has 0 saturated heterocycles. The minimum atomic E-state index is -1.07. The van der Waals surface area contributed by atoms with Gasteiger partial charge < -0.3 is 20.7 Å². The predicted octanol–water partition coefficient (Wildman–Crippen LogP) is 3.79. The Balaban J connectivity index is 1.59. The van der Waals surface area contributed by atoms with Crippen LogP contribution in [-0.4, -0.2) is 28.1 Å². The summed E-state index contributed by atoms with van der Waals surface area (Å²) in [6, 6.07) is 14.2. The van der Waals surface area contributed by atoms with Gasteiger partial charge in [-0.25, -0.2) is 9.59 Å². The van der Waals surface area contributed by atoms with Crippen molar-refractivity contribution < 1.29 is 14.7 Å². The molecule has 1 atom stereocenters. The average Bonchev–Trinajstić information content (AvgIpc) is 3.09. The molecule has 0 aliphatic rings. The second kappa shape index (κ2) is 8.61. The van der Waals surface area contributed by atoms with Crippen LogP contribution in [0.15, 0.2) is 54.7 Å². The summed E-state index contributed by atoms with van der Waals surface area (Å²) in [5.74, 6) is -0.618. The van der Waals surface area contributed by atoms with Crippen LogP contribution in [0, 0.1) is 0 Å². The van der Waals surface area contributed by atoms with E-state index < -0.39 is 18.0 Å². The number of urea groups is 1. The number of fused-ring (bicyclic) bond motifs is 1. The van der Waals surface area contributed by atoms with E-state index in [-0.39, 0.29) is 6.42 Å². The van der Waals surface area contributed by atoms with Crippen molar-refractivity contribution in [3.8, 4) is 0 Å². The summed E-state index contributed by atoms with van der Waals surface area (Å²) in [4.78, 5) is 26.9. The van der Waals surface area contributed by atoms with Crippen LogP contribution in [0.3, 0.4) is 0 Å². The van der Waals surface area contributed by atoms with Gasteiger partial charge in [-0.1, -0.05) is 56.3 Å².